The van der Waals surface area contributed by atoms with Crippen molar-refractivity contribution >= 4 is 13.3 Å². The largest absolute Gasteiger partial charge is 1.00 e. The summed E-state index contributed by atoms with van der Waals surface area (Å²) in [5.74, 6) is 0. The molecule has 2 rings (SSSR count). The molecular weight excluding hydrogens is 423 g/mol. The maximum atomic E-state index is 2.61. The molecule has 0 saturated carbocycles. The van der Waals surface area contributed by atoms with Crippen molar-refractivity contribution in [1.82, 2.24) is 0 Å². The molecule has 138 valence electrons. The Morgan fingerprint density at radius 3 is 2.12 bits per heavy atom. The Morgan fingerprint density at radius 1 is 0.960 bits per heavy atom. The SMILES string of the molecule is CCCCC1=CC[C]([Ti+3])=C1[Si](C)(CCCC)c1ccccc1.[Cl-].[Cl-].[Cl-]. The minimum absolute atomic E-state index is 0. The second-order valence-corrected chi connectivity index (χ2v) is 11.9. The first-order valence-corrected chi connectivity index (χ1v) is 12.3. The summed E-state index contributed by atoms with van der Waals surface area (Å²) in [6, 6.07) is 12.8. The summed E-state index contributed by atoms with van der Waals surface area (Å²) in [4.78, 5) is 0. The summed E-state index contributed by atoms with van der Waals surface area (Å²) in [7, 11) is -1.58. The monoisotopic (exact) mass is 450 g/mol. The van der Waals surface area contributed by atoms with Crippen molar-refractivity contribution in [2.75, 3.05) is 0 Å². The fraction of sp³-hybridized carbons (Fsp3) is 0.500. The molecule has 0 amide bonds. The molecule has 1 aliphatic carbocycles. The molecule has 1 atom stereocenters. The second-order valence-electron chi connectivity index (χ2n) is 6.69. The van der Waals surface area contributed by atoms with Crippen molar-refractivity contribution in [2.45, 2.75) is 65.0 Å². The minimum Gasteiger partial charge on any atom is -1.00 e. The Balaban J connectivity index is 0. The van der Waals surface area contributed by atoms with Crippen molar-refractivity contribution < 1.29 is 57.7 Å². The Labute approximate surface area is 186 Å². The fourth-order valence-corrected chi connectivity index (χ4v) is 9.88. The van der Waals surface area contributed by atoms with E-state index in [0.29, 0.717) is 0 Å². The quantitative estimate of drug-likeness (QED) is 0.363. The van der Waals surface area contributed by atoms with E-state index in [0.717, 1.165) is 0 Å². The molecular formula is C20H29Cl3SiTi. The average molecular weight is 452 g/mol. The van der Waals surface area contributed by atoms with Gasteiger partial charge in [0.05, 0.1) is 0 Å². The Bertz CT molecular complexity index is 557. The summed E-state index contributed by atoms with van der Waals surface area (Å²) >= 11 is 2.38. The maximum absolute atomic E-state index is 2.61. The van der Waals surface area contributed by atoms with E-state index >= 15 is 0 Å². The standard InChI is InChI=1S/C20H29Si.3ClH.Ti/c1-4-6-12-18-13-11-16-20(18)21(3,17-7-5-2)19-14-9-8-10-15-19;;;;/h8-10,13-15H,4-7,11-12,17H2,1-3H3;3*1H;/q;;;;+3/p-3. The van der Waals surface area contributed by atoms with Gasteiger partial charge in [-0.2, -0.15) is 0 Å². The van der Waals surface area contributed by atoms with E-state index in [4.69, 9.17) is 0 Å². The van der Waals surface area contributed by atoms with Crippen LogP contribution in [0.2, 0.25) is 12.6 Å². The first-order valence-electron chi connectivity index (χ1n) is 8.83. The topological polar surface area (TPSA) is 0 Å². The zero-order valence-electron chi connectivity index (χ0n) is 15.5. The molecule has 1 aliphatic rings. The van der Waals surface area contributed by atoms with Crippen LogP contribution in [0.25, 0.3) is 0 Å². The van der Waals surface area contributed by atoms with Gasteiger partial charge in [0.15, 0.2) is 0 Å². The maximum Gasteiger partial charge on any atom is -1.00 e. The molecule has 0 saturated heterocycles. The smallest absolute Gasteiger partial charge is 1.00 e. The van der Waals surface area contributed by atoms with Crippen molar-refractivity contribution in [1.29, 1.82) is 0 Å². The Kier molecular flexibility index (Phi) is 15.1. The number of allylic oxidation sites excluding steroid dienone is 4. The average Bonchev–Trinajstić information content (AvgIpc) is 2.93. The van der Waals surface area contributed by atoms with Crippen LogP contribution in [0.5, 0.6) is 0 Å². The van der Waals surface area contributed by atoms with E-state index in [1.807, 2.05) is 0 Å². The summed E-state index contributed by atoms with van der Waals surface area (Å²) in [5, 5.41) is 3.42. The number of unbranched alkanes of at least 4 members (excludes halogenated alkanes) is 2. The van der Waals surface area contributed by atoms with Crippen LogP contribution in [0.4, 0.5) is 0 Å². The van der Waals surface area contributed by atoms with Gasteiger partial charge in [0.1, 0.15) is 0 Å². The molecule has 0 heterocycles. The number of hydrogen-bond donors (Lipinski definition) is 0. The molecule has 1 aromatic carbocycles. The van der Waals surface area contributed by atoms with Crippen molar-refractivity contribution in [3.63, 3.8) is 0 Å². The van der Waals surface area contributed by atoms with Crippen LogP contribution in [0.3, 0.4) is 0 Å². The van der Waals surface area contributed by atoms with Gasteiger partial charge in [-0.05, 0) is 0 Å². The van der Waals surface area contributed by atoms with Gasteiger partial charge in [0.2, 0.25) is 0 Å². The number of rotatable bonds is 8. The normalized spacial score (nSPS) is 15.5. The van der Waals surface area contributed by atoms with Gasteiger partial charge in [0, 0.05) is 0 Å². The van der Waals surface area contributed by atoms with E-state index in [2.05, 4.69) is 77.2 Å². The molecule has 0 bridgehead atoms. The predicted octanol–water partition coefficient (Wildman–Crippen LogP) is -3.36. The first-order chi connectivity index (χ1) is 10.6. The van der Waals surface area contributed by atoms with Crippen LogP contribution >= 0.6 is 0 Å². The molecule has 25 heavy (non-hydrogen) atoms. The van der Waals surface area contributed by atoms with Gasteiger partial charge < -0.3 is 37.2 Å². The van der Waals surface area contributed by atoms with Gasteiger partial charge in [-0.1, -0.05) is 0 Å². The predicted molar refractivity (Wildman–Crippen MR) is 96.7 cm³/mol. The zero-order chi connectivity index (χ0) is 16.0. The fourth-order valence-electron chi connectivity index (χ4n) is 3.65. The van der Waals surface area contributed by atoms with Gasteiger partial charge in [-0.15, -0.1) is 0 Å². The van der Waals surface area contributed by atoms with E-state index in [9.17, 15) is 0 Å². The van der Waals surface area contributed by atoms with E-state index in [1.165, 1.54) is 44.6 Å². The number of benzene rings is 1. The van der Waals surface area contributed by atoms with Crippen LogP contribution in [0.1, 0.15) is 52.4 Å². The van der Waals surface area contributed by atoms with Crippen LogP contribution in [0.15, 0.2) is 51.1 Å². The van der Waals surface area contributed by atoms with Crippen LogP contribution in [-0.2, 0) is 20.4 Å². The Morgan fingerprint density at radius 2 is 1.56 bits per heavy atom. The van der Waals surface area contributed by atoms with Gasteiger partial charge >= 0.3 is 150 Å². The molecule has 5 heteroatoms. The van der Waals surface area contributed by atoms with Crippen molar-refractivity contribution in [3.05, 3.63) is 51.1 Å². The molecule has 1 aromatic rings. The third-order valence-corrected chi connectivity index (χ3v) is 10.8. The molecule has 0 spiro atoms. The Hall–Kier alpha value is 0.501. The second kappa shape index (κ2) is 13.6. The summed E-state index contributed by atoms with van der Waals surface area (Å²) < 4.78 is 1.65. The minimum atomic E-state index is -1.58. The summed E-state index contributed by atoms with van der Waals surface area (Å²) in [6.45, 7) is 7.24. The third kappa shape index (κ3) is 6.87. The van der Waals surface area contributed by atoms with Crippen LogP contribution < -0.4 is 42.4 Å². The molecule has 0 N–H and O–H groups in total. The van der Waals surface area contributed by atoms with E-state index < -0.39 is 8.07 Å². The van der Waals surface area contributed by atoms with Gasteiger partial charge in [-0.3, -0.25) is 0 Å². The molecule has 0 aliphatic heterocycles. The summed E-state index contributed by atoms with van der Waals surface area (Å²) in [5.41, 5.74) is 1.69. The van der Waals surface area contributed by atoms with Crippen molar-refractivity contribution in [2.24, 2.45) is 0 Å². The molecule has 1 unspecified atom stereocenters. The zero-order valence-corrected chi connectivity index (χ0v) is 20.4. The van der Waals surface area contributed by atoms with Gasteiger partial charge in [0.25, 0.3) is 0 Å². The first kappa shape index (κ1) is 27.7. The van der Waals surface area contributed by atoms with Crippen LogP contribution in [-0.4, -0.2) is 8.07 Å². The number of hydrogen-bond acceptors (Lipinski definition) is 0. The van der Waals surface area contributed by atoms with Gasteiger partial charge in [-0.25, -0.2) is 0 Å². The number of halogens is 3. The van der Waals surface area contributed by atoms with E-state index in [-0.39, 0.29) is 37.2 Å². The third-order valence-electron chi connectivity index (χ3n) is 4.97. The van der Waals surface area contributed by atoms with E-state index in [1.54, 1.807) is 19.8 Å². The molecule has 0 aromatic heterocycles. The molecule has 0 fully saturated rings. The van der Waals surface area contributed by atoms with Crippen LogP contribution in [0, 0.1) is 0 Å². The molecule has 0 nitrogen and oxygen atoms in total. The molecule has 0 radical (unpaired) electrons. The summed E-state index contributed by atoms with van der Waals surface area (Å²) in [6.07, 6.45) is 10.3. The van der Waals surface area contributed by atoms with Crippen molar-refractivity contribution in [3.8, 4) is 0 Å².